The molecule has 1 atom stereocenters. The third kappa shape index (κ3) is 4.00. The van der Waals surface area contributed by atoms with Gasteiger partial charge in [-0.25, -0.2) is 4.21 Å². The molecule has 0 aliphatic heterocycles. The van der Waals surface area contributed by atoms with Crippen molar-refractivity contribution < 1.29 is 13.6 Å². The third-order valence-electron chi connectivity index (χ3n) is 1.66. The Labute approximate surface area is 89.4 Å². The van der Waals surface area contributed by atoms with E-state index in [1.54, 1.807) is 24.3 Å². The lowest BCUT2D eigenvalue weighted by molar-refractivity contribution is -0.111. The number of rotatable bonds is 4. The molecule has 3 nitrogen and oxygen atoms in total. The fourth-order valence-corrected chi connectivity index (χ4v) is 1.69. The molecule has 0 fully saturated rings. The van der Waals surface area contributed by atoms with E-state index in [1.807, 2.05) is 0 Å². The fourth-order valence-electron chi connectivity index (χ4n) is 1.06. The van der Waals surface area contributed by atoms with Gasteiger partial charge in [-0.1, -0.05) is 24.3 Å². The number of hydrogen-bond acceptors (Lipinski definition) is 2. The van der Waals surface area contributed by atoms with E-state index in [1.165, 1.54) is 0 Å². The summed E-state index contributed by atoms with van der Waals surface area (Å²) in [5, 5.41) is -0.413. The molecular weight excluding hydrogens is 224 g/mol. The summed E-state index contributed by atoms with van der Waals surface area (Å²) < 4.78 is 19.1. The van der Waals surface area contributed by atoms with Gasteiger partial charge in [0.15, 0.2) is 11.1 Å². The first kappa shape index (κ1) is 11.4. The molecule has 1 N–H and O–H groups in total. The first-order chi connectivity index (χ1) is 6.58. The molecule has 0 radical (unpaired) electrons. The van der Waals surface area contributed by atoms with Gasteiger partial charge in [0.1, 0.15) is 0 Å². The summed E-state index contributed by atoms with van der Waals surface area (Å²) in [4.78, 5) is 10.6. The van der Waals surface area contributed by atoms with E-state index in [-0.39, 0.29) is 12.2 Å². The second-order valence-corrected chi connectivity index (χ2v) is 4.17. The monoisotopic (exact) mass is 232 g/mol. The van der Waals surface area contributed by atoms with Crippen molar-refractivity contribution in [2.24, 2.45) is 0 Å². The molecule has 1 aromatic rings. The summed E-state index contributed by atoms with van der Waals surface area (Å²) in [7, 11) is 0. The second-order valence-electron chi connectivity index (χ2n) is 2.81. The van der Waals surface area contributed by atoms with Crippen LogP contribution in [0.5, 0.6) is 0 Å². The quantitative estimate of drug-likeness (QED) is 0.635. The molecular formula is C9H9ClO3S. The van der Waals surface area contributed by atoms with Crippen LogP contribution in [0, 0.1) is 0 Å². The van der Waals surface area contributed by atoms with Crippen molar-refractivity contribution in [3.05, 3.63) is 35.4 Å². The van der Waals surface area contributed by atoms with Gasteiger partial charge in [0.2, 0.25) is 5.24 Å². The average Bonchev–Trinajstić information content (AvgIpc) is 2.06. The number of carbonyl (C=O) groups excluding carboxylic acids is 1. The summed E-state index contributed by atoms with van der Waals surface area (Å²) in [5.41, 5.74) is 1.56. The maximum atomic E-state index is 10.6. The van der Waals surface area contributed by atoms with Crippen LogP contribution in [0.1, 0.15) is 11.1 Å². The molecule has 1 aromatic carbocycles. The minimum absolute atomic E-state index is 0.106. The van der Waals surface area contributed by atoms with Gasteiger partial charge in [0.05, 0.1) is 5.75 Å². The van der Waals surface area contributed by atoms with Gasteiger partial charge >= 0.3 is 0 Å². The van der Waals surface area contributed by atoms with Crippen LogP contribution in [0.2, 0.25) is 0 Å². The molecule has 14 heavy (non-hydrogen) atoms. The van der Waals surface area contributed by atoms with Crippen molar-refractivity contribution in [2.75, 3.05) is 0 Å². The minimum atomic E-state index is -1.83. The van der Waals surface area contributed by atoms with Crippen molar-refractivity contribution >= 4 is 27.9 Å². The summed E-state index contributed by atoms with van der Waals surface area (Å²) in [5.74, 6) is 0.106. The average molecular weight is 233 g/mol. The molecule has 0 amide bonds. The van der Waals surface area contributed by atoms with Crippen molar-refractivity contribution in [1.82, 2.24) is 0 Å². The summed E-state index contributed by atoms with van der Waals surface area (Å²) >= 11 is 3.38. The van der Waals surface area contributed by atoms with E-state index in [2.05, 4.69) is 0 Å². The van der Waals surface area contributed by atoms with Crippen LogP contribution in [0.25, 0.3) is 0 Å². The molecule has 0 bridgehead atoms. The summed E-state index contributed by atoms with van der Waals surface area (Å²) in [6, 6.07) is 6.87. The highest BCUT2D eigenvalue weighted by Gasteiger charge is 2.01. The predicted molar refractivity (Wildman–Crippen MR) is 55.5 cm³/mol. The van der Waals surface area contributed by atoms with Crippen LogP contribution in [0.4, 0.5) is 0 Å². The fraction of sp³-hybridized carbons (Fsp3) is 0.222. The first-order valence-corrected chi connectivity index (χ1v) is 5.57. The van der Waals surface area contributed by atoms with Gasteiger partial charge in [-0.3, -0.25) is 4.79 Å². The second kappa shape index (κ2) is 5.24. The molecule has 76 valence electrons. The topological polar surface area (TPSA) is 54.4 Å². The maximum Gasteiger partial charge on any atom is 0.226 e. The zero-order chi connectivity index (χ0) is 10.6. The lowest BCUT2D eigenvalue weighted by atomic mass is 10.1. The number of hydrogen-bond donors (Lipinski definition) is 1. The van der Waals surface area contributed by atoms with E-state index in [0.717, 1.165) is 11.1 Å². The Morgan fingerprint density at radius 3 is 2.21 bits per heavy atom. The minimum Gasteiger partial charge on any atom is -0.306 e. The van der Waals surface area contributed by atoms with Crippen LogP contribution in [0.3, 0.4) is 0 Å². The van der Waals surface area contributed by atoms with Crippen molar-refractivity contribution in [3.63, 3.8) is 0 Å². The highest BCUT2D eigenvalue weighted by molar-refractivity contribution is 7.78. The molecule has 0 heterocycles. The molecule has 1 unspecified atom stereocenters. The van der Waals surface area contributed by atoms with Gasteiger partial charge in [-0.05, 0) is 22.7 Å². The normalized spacial score (nSPS) is 12.4. The lowest BCUT2D eigenvalue weighted by Crippen LogP contribution is -1.96. The summed E-state index contributed by atoms with van der Waals surface area (Å²) in [6.45, 7) is 0. The molecule has 0 aliphatic carbocycles. The SMILES string of the molecule is O=C(Cl)Cc1ccc(CS(=O)O)cc1. The van der Waals surface area contributed by atoms with Crippen LogP contribution < -0.4 is 0 Å². The molecule has 5 heteroatoms. The highest BCUT2D eigenvalue weighted by atomic mass is 35.5. The highest BCUT2D eigenvalue weighted by Crippen LogP contribution is 2.07. The van der Waals surface area contributed by atoms with E-state index < -0.39 is 16.3 Å². The van der Waals surface area contributed by atoms with Crippen LogP contribution in [-0.2, 0) is 28.0 Å². The smallest absolute Gasteiger partial charge is 0.226 e. The van der Waals surface area contributed by atoms with Crippen LogP contribution in [-0.4, -0.2) is 14.0 Å². The first-order valence-electron chi connectivity index (χ1n) is 3.91. The van der Waals surface area contributed by atoms with Crippen molar-refractivity contribution in [1.29, 1.82) is 0 Å². The van der Waals surface area contributed by atoms with Gasteiger partial charge in [-0.15, -0.1) is 0 Å². The Hall–Kier alpha value is -0.710. The Morgan fingerprint density at radius 2 is 1.79 bits per heavy atom. The largest absolute Gasteiger partial charge is 0.306 e. The van der Waals surface area contributed by atoms with E-state index in [4.69, 9.17) is 16.2 Å². The van der Waals surface area contributed by atoms with Gasteiger partial charge < -0.3 is 4.55 Å². The standard InChI is InChI=1S/C9H9ClO3S/c10-9(11)5-7-1-3-8(4-2-7)6-14(12)13/h1-4H,5-6H2,(H,12,13). The van der Waals surface area contributed by atoms with Gasteiger partial charge in [0, 0.05) is 6.42 Å². The molecule has 0 aliphatic rings. The Morgan fingerprint density at radius 1 is 1.29 bits per heavy atom. The number of carbonyl (C=O) groups is 1. The van der Waals surface area contributed by atoms with Crippen LogP contribution in [0.15, 0.2) is 24.3 Å². The summed E-state index contributed by atoms with van der Waals surface area (Å²) in [6.07, 6.45) is 0.185. The maximum absolute atomic E-state index is 10.6. The molecule has 0 saturated carbocycles. The molecule has 0 saturated heterocycles. The van der Waals surface area contributed by atoms with Crippen molar-refractivity contribution in [2.45, 2.75) is 12.2 Å². The zero-order valence-corrected chi connectivity index (χ0v) is 8.85. The zero-order valence-electron chi connectivity index (χ0n) is 7.27. The van der Waals surface area contributed by atoms with Crippen LogP contribution >= 0.6 is 11.6 Å². The van der Waals surface area contributed by atoms with Gasteiger partial charge in [0.25, 0.3) is 0 Å². The molecule has 0 aromatic heterocycles. The Balaban J connectivity index is 2.68. The van der Waals surface area contributed by atoms with E-state index in [9.17, 15) is 9.00 Å². The predicted octanol–water partition coefficient (Wildman–Crippen LogP) is 1.72. The third-order valence-corrected chi connectivity index (χ3v) is 2.37. The molecule has 1 rings (SSSR count). The number of halogens is 1. The molecule has 0 spiro atoms. The number of benzene rings is 1. The Kier molecular flexibility index (Phi) is 4.25. The van der Waals surface area contributed by atoms with E-state index >= 15 is 0 Å². The lowest BCUT2D eigenvalue weighted by Gasteiger charge is -1.99. The van der Waals surface area contributed by atoms with Crippen molar-refractivity contribution in [3.8, 4) is 0 Å². The Bertz CT molecular complexity index is 313. The van der Waals surface area contributed by atoms with Gasteiger partial charge in [-0.2, -0.15) is 0 Å². The van der Waals surface area contributed by atoms with E-state index in [0.29, 0.717) is 0 Å².